The van der Waals surface area contributed by atoms with E-state index in [4.69, 9.17) is 4.74 Å². The van der Waals surface area contributed by atoms with Crippen LogP contribution in [0.25, 0.3) is 0 Å². The first-order valence-electron chi connectivity index (χ1n) is 6.05. The van der Waals surface area contributed by atoms with E-state index in [2.05, 4.69) is 0 Å². The standard InChI is InChI=1S/C13H16F2O3/c1-2-3-8-6-10(14)7-11(15)12(8)18-13(16,17)9-4-5-9/h6-7,9,16-17H,2-5H2,1H3. The minimum absolute atomic E-state index is 0.268. The lowest BCUT2D eigenvalue weighted by molar-refractivity contribution is -0.306. The van der Waals surface area contributed by atoms with Gasteiger partial charge in [0.05, 0.1) is 5.92 Å². The summed E-state index contributed by atoms with van der Waals surface area (Å²) < 4.78 is 31.7. The Balaban J connectivity index is 2.30. The fraction of sp³-hybridized carbons (Fsp3) is 0.538. The zero-order chi connectivity index (χ0) is 13.3. The van der Waals surface area contributed by atoms with Crippen LogP contribution in [0.1, 0.15) is 31.7 Å². The molecule has 0 amide bonds. The van der Waals surface area contributed by atoms with Gasteiger partial charge in [0.2, 0.25) is 0 Å². The average molecular weight is 258 g/mol. The largest absolute Gasteiger partial charge is 0.436 e. The summed E-state index contributed by atoms with van der Waals surface area (Å²) in [5, 5.41) is 19.3. The quantitative estimate of drug-likeness (QED) is 0.797. The Hall–Kier alpha value is -1.20. The van der Waals surface area contributed by atoms with Crippen molar-refractivity contribution in [1.82, 2.24) is 0 Å². The van der Waals surface area contributed by atoms with Gasteiger partial charge in [0.1, 0.15) is 5.82 Å². The van der Waals surface area contributed by atoms with E-state index in [1.165, 1.54) is 0 Å². The topological polar surface area (TPSA) is 49.7 Å². The number of halogens is 2. The highest BCUT2D eigenvalue weighted by molar-refractivity contribution is 5.36. The first-order valence-corrected chi connectivity index (χ1v) is 6.05. The van der Waals surface area contributed by atoms with Crippen molar-refractivity contribution in [3.8, 4) is 5.75 Å². The molecule has 0 unspecified atom stereocenters. The van der Waals surface area contributed by atoms with Crippen molar-refractivity contribution in [2.24, 2.45) is 5.92 Å². The molecule has 1 aromatic carbocycles. The second-order valence-corrected chi connectivity index (χ2v) is 4.66. The summed E-state index contributed by atoms with van der Waals surface area (Å²) in [6.07, 6.45) is 2.33. The molecule has 2 rings (SSSR count). The molecular formula is C13H16F2O3. The van der Waals surface area contributed by atoms with Gasteiger partial charge in [0.25, 0.3) is 0 Å². The van der Waals surface area contributed by atoms with Crippen molar-refractivity contribution in [2.75, 3.05) is 0 Å². The predicted octanol–water partition coefficient (Wildman–Crippen LogP) is 2.34. The first kappa shape index (κ1) is 13.2. The van der Waals surface area contributed by atoms with Crippen molar-refractivity contribution >= 4 is 0 Å². The molecule has 3 nitrogen and oxygen atoms in total. The van der Waals surface area contributed by atoms with Crippen LogP contribution < -0.4 is 4.74 Å². The second kappa shape index (κ2) is 4.82. The van der Waals surface area contributed by atoms with Gasteiger partial charge in [-0.15, -0.1) is 0 Å². The third kappa shape index (κ3) is 2.79. The van der Waals surface area contributed by atoms with Gasteiger partial charge in [-0.2, -0.15) is 0 Å². The van der Waals surface area contributed by atoms with Gasteiger partial charge in [-0.05, 0) is 25.3 Å². The fourth-order valence-electron chi connectivity index (χ4n) is 1.88. The van der Waals surface area contributed by atoms with E-state index in [-0.39, 0.29) is 5.75 Å². The van der Waals surface area contributed by atoms with Crippen molar-refractivity contribution in [3.63, 3.8) is 0 Å². The SMILES string of the molecule is CCCc1cc(F)cc(F)c1OC(O)(O)C1CC1. The number of hydrogen-bond acceptors (Lipinski definition) is 3. The van der Waals surface area contributed by atoms with Crippen LogP contribution in [0.5, 0.6) is 5.75 Å². The third-order valence-corrected chi connectivity index (χ3v) is 2.97. The lowest BCUT2D eigenvalue weighted by Gasteiger charge is -2.24. The second-order valence-electron chi connectivity index (χ2n) is 4.66. The van der Waals surface area contributed by atoms with E-state index in [0.29, 0.717) is 37.3 Å². The van der Waals surface area contributed by atoms with Crippen molar-refractivity contribution < 1.29 is 23.7 Å². The zero-order valence-corrected chi connectivity index (χ0v) is 10.1. The van der Waals surface area contributed by atoms with Crippen LogP contribution in [0.4, 0.5) is 8.78 Å². The maximum absolute atomic E-state index is 13.7. The minimum Gasteiger partial charge on any atom is -0.436 e. The minimum atomic E-state index is -2.37. The van der Waals surface area contributed by atoms with Crippen LogP contribution in [-0.2, 0) is 6.42 Å². The van der Waals surface area contributed by atoms with Crippen LogP contribution in [0.2, 0.25) is 0 Å². The Labute approximate surface area is 104 Å². The van der Waals surface area contributed by atoms with Gasteiger partial charge >= 0.3 is 5.97 Å². The van der Waals surface area contributed by atoms with Gasteiger partial charge in [-0.1, -0.05) is 13.3 Å². The Morgan fingerprint density at radius 3 is 2.56 bits per heavy atom. The van der Waals surface area contributed by atoms with Crippen molar-refractivity contribution in [1.29, 1.82) is 0 Å². The monoisotopic (exact) mass is 258 g/mol. The van der Waals surface area contributed by atoms with Gasteiger partial charge in [-0.25, -0.2) is 8.78 Å². The first-order chi connectivity index (χ1) is 8.44. The summed E-state index contributed by atoms with van der Waals surface area (Å²) in [6, 6.07) is 1.84. The normalized spacial score (nSPS) is 15.8. The van der Waals surface area contributed by atoms with Gasteiger partial charge in [0, 0.05) is 11.6 Å². The summed E-state index contributed by atoms with van der Waals surface area (Å²) in [5.74, 6) is -4.66. The molecule has 2 N–H and O–H groups in total. The number of aryl methyl sites for hydroxylation is 1. The van der Waals surface area contributed by atoms with Crippen LogP contribution in [0, 0.1) is 17.6 Å². The zero-order valence-electron chi connectivity index (χ0n) is 10.1. The van der Waals surface area contributed by atoms with E-state index in [1.807, 2.05) is 6.92 Å². The molecule has 18 heavy (non-hydrogen) atoms. The number of aliphatic hydroxyl groups is 2. The molecule has 0 aromatic heterocycles. The molecule has 5 heteroatoms. The molecule has 1 aromatic rings. The van der Waals surface area contributed by atoms with Crippen LogP contribution in [-0.4, -0.2) is 16.2 Å². The molecule has 1 fully saturated rings. The Bertz CT molecular complexity index is 442. The van der Waals surface area contributed by atoms with Crippen molar-refractivity contribution in [3.05, 3.63) is 29.3 Å². The van der Waals surface area contributed by atoms with Gasteiger partial charge in [-0.3, -0.25) is 0 Å². The van der Waals surface area contributed by atoms with Gasteiger partial charge < -0.3 is 14.9 Å². The molecule has 0 spiro atoms. The van der Waals surface area contributed by atoms with E-state index in [1.54, 1.807) is 0 Å². The number of ether oxygens (including phenoxy) is 1. The van der Waals surface area contributed by atoms with E-state index < -0.39 is 23.5 Å². The maximum Gasteiger partial charge on any atom is 0.324 e. The van der Waals surface area contributed by atoms with Crippen LogP contribution in [0.3, 0.4) is 0 Å². The summed E-state index contributed by atoms with van der Waals surface area (Å²) in [5.41, 5.74) is 0.308. The number of benzene rings is 1. The molecule has 0 aliphatic heterocycles. The summed E-state index contributed by atoms with van der Waals surface area (Å²) in [7, 11) is 0. The smallest absolute Gasteiger partial charge is 0.324 e. The molecule has 0 heterocycles. The highest BCUT2D eigenvalue weighted by Crippen LogP contribution is 2.40. The van der Waals surface area contributed by atoms with Crippen LogP contribution >= 0.6 is 0 Å². The summed E-state index contributed by atoms with van der Waals surface area (Å²) in [4.78, 5) is 0. The molecule has 0 radical (unpaired) electrons. The lowest BCUT2D eigenvalue weighted by Crippen LogP contribution is -2.38. The van der Waals surface area contributed by atoms with Crippen molar-refractivity contribution in [2.45, 2.75) is 38.6 Å². The number of rotatable bonds is 5. The predicted molar refractivity (Wildman–Crippen MR) is 60.9 cm³/mol. The fourth-order valence-corrected chi connectivity index (χ4v) is 1.88. The molecule has 0 saturated heterocycles. The number of hydrogen-bond donors (Lipinski definition) is 2. The summed E-state index contributed by atoms with van der Waals surface area (Å²) >= 11 is 0. The molecule has 1 saturated carbocycles. The van der Waals surface area contributed by atoms with E-state index in [0.717, 1.165) is 6.07 Å². The molecule has 100 valence electrons. The Morgan fingerprint density at radius 1 is 1.33 bits per heavy atom. The third-order valence-electron chi connectivity index (χ3n) is 2.97. The molecule has 0 atom stereocenters. The molecule has 1 aliphatic rings. The highest BCUT2D eigenvalue weighted by Gasteiger charge is 2.46. The van der Waals surface area contributed by atoms with Crippen LogP contribution in [0.15, 0.2) is 12.1 Å². The molecule has 0 bridgehead atoms. The molecular weight excluding hydrogens is 242 g/mol. The van der Waals surface area contributed by atoms with E-state index >= 15 is 0 Å². The van der Waals surface area contributed by atoms with E-state index in [9.17, 15) is 19.0 Å². The molecule has 1 aliphatic carbocycles. The maximum atomic E-state index is 13.7. The average Bonchev–Trinajstić information content (AvgIpc) is 3.07. The Morgan fingerprint density at radius 2 is 2.00 bits per heavy atom. The highest BCUT2D eigenvalue weighted by atomic mass is 19.1. The van der Waals surface area contributed by atoms with Gasteiger partial charge in [0.15, 0.2) is 11.6 Å². The lowest BCUT2D eigenvalue weighted by atomic mass is 10.1. The summed E-state index contributed by atoms with van der Waals surface area (Å²) in [6.45, 7) is 1.86. The Kier molecular flexibility index (Phi) is 3.54.